The zero-order valence-corrected chi connectivity index (χ0v) is 14.6. The van der Waals surface area contributed by atoms with Gasteiger partial charge in [-0.2, -0.15) is 0 Å². The third-order valence-corrected chi connectivity index (χ3v) is 4.33. The molecule has 1 atom stereocenters. The number of morpholine rings is 1. The van der Waals surface area contributed by atoms with E-state index in [2.05, 4.69) is 35.8 Å². The maximum absolute atomic E-state index is 6.10. The average molecular weight is 382 g/mol. The summed E-state index contributed by atoms with van der Waals surface area (Å²) >= 11 is 0. The zero-order valence-electron chi connectivity index (χ0n) is 12.3. The fraction of sp³-hybridized carbons (Fsp3) is 0.923. The Morgan fingerprint density at radius 1 is 1.47 bits per heavy atom. The third-order valence-electron chi connectivity index (χ3n) is 4.33. The average Bonchev–Trinajstić information content (AvgIpc) is 2.26. The molecule has 6 heteroatoms. The van der Waals surface area contributed by atoms with Crippen LogP contribution < -0.4 is 5.73 Å². The Bertz CT molecular complexity index is 318. The van der Waals surface area contributed by atoms with Crippen molar-refractivity contribution in [2.45, 2.75) is 37.8 Å². The van der Waals surface area contributed by atoms with Crippen LogP contribution in [0.5, 0.6) is 0 Å². The highest BCUT2D eigenvalue weighted by Gasteiger charge is 2.38. The van der Waals surface area contributed by atoms with Crippen LogP contribution in [-0.4, -0.2) is 67.7 Å². The molecule has 19 heavy (non-hydrogen) atoms. The molecule has 0 aromatic carbocycles. The van der Waals surface area contributed by atoms with Crippen LogP contribution in [0, 0.1) is 0 Å². The highest BCUT2D eigenvalue weighted by molar-refractivity contribution is 14.0. The standard InChI is InChI=1S/C13H26N4O.HI/c1-11-9-17(7-8-18-11)12(14)15-10-13(16(2)3)5-4-6-13;/h11H,4-10H2,1-3H3,(H2,14,15);1H. The van der Waals surface area contributed by atoms with Crippen LogP contribution in [0.15, 0.2) is 4.99 Å². The van der Waals surface area contributed by atoms with Gasteiger partial charge in [-0.25, -0.2) is 0 Å². The van der Waals surface area contributed by atoms with Crippen LogP contribution in [0.1, 0.15) is 26.2 Å². The lowest BCUT2D eigenvalue weighted by atomic mass is 9.76. The predicted octanol–water partition coefficient (Wildman–Crippen LogP) is 1.12. The lowest BCUT2D eigenvalue weighted by Crippen LogP contribution is -2.54. The maximum atomic E-state index is 6.10. The Morgan fingerprint density at radius 3 is 2.63 bits per heavy atom. The lowest BCUT2D eigenvalue weighted by molar-refractivity contribution is 0.00499. The van der Waals surface area contributed by atoms with Crippen molar-refractivity contribution in [2.75, 3.05) is 40.3 Å². The summed E-state index contributed by atoms with van der Waals surface area (Å²) in [5.74, 6) is 0.679. The van der Waals surface area contributed by atoms with Crippen LogP contribution in [0.3, 0.4) is 0 Å². The molecule has 0 aromatic rings. The first-order chi connectivity index (χ1) is 8.53. The number of nitrogens with zero attached hydrogens (tertiary/aromatic N) is 3. The third kappa shape index (κ3) is 3.95. The Morgan fingerprint density at radius 2 is 2.16 bits per heavy atom. The maximum Gasteiger partial charge on any atom is 0.191 e. The van der Waals surface area contributed by atoms with E-state index in [9.17, 15) is 0 Å². The molecule has 2 fully saturated rings. The van der Waals surface area contributed by atoms with E-state index in [1.807, 2.05) is 0 Å². The molecule has 0 spiro atoms. The summed E-state index contributed by atoms with van der Waals surface area (Å²) in [5.41, 5.74) is 6.35. The number of ether oxygens (including phenoxy) is 1. The molecule has 1 heterocycles. The van der Waals surface area contributed by atoms with Crippen LogP contribution in [0.4, 0.5) is 0 Å². The van der Waals surface area contributed by atoms with E-state index in [0.717, 1.165) is 26.2 Å². The van der Waals surface area contributed by atoms with Gasteiger partial charge in [0.15, 0.2) is 5.96 Å². The number of rotatable bonds is 3. The summed E-state index contributed by atoms with van der Waals surface area (Å²) in [5, 5.41) is 0. The van der Waals surface area contributed by atoms with Crippen LogP contribution in [0.25, 0.3) is 0 Å². The van der Waals surface area contributed by atoms with Crippen molar-refractivity contribution >= 4 is 29.9 Å². The van der Waals surface area contributed by atoms with Gasteiger partial charge in [0.1, 0.15) is 0 Å². The fourth-order valence-corrected chi connectivity index (χ4v) is 2.69. The van der Waals surface area contributed by atoms with Crippen molar-refractivity contribution in [1.29, 1.82) is 0 Å². The van der Waals surface area contributed by atoms with Crippen molar-refractivity contribution in [1.82, 2.24) is 9.80 Å². The van der Waals surface area contributed by atoms with Gasteiger partial charge in [0.25, 0.3) is 0 Å². The van der Waals surface area contributed by atoms with Gasteiger partial charge in [-0.15, -0.1) is 24.0 Å². The van der Waals surface area contributed by atoms with E-state index >= 15 is 0 Å². The van der Waals surface area contributed by atoms with Crippen molar-refractivity contribution in [3.63, 3.8) is 0 Å². The number of nitrogens with two attached hydrogens (primary N) is 1. The molecule has 1 unspecified atom stereocenters. The molecule has 2 N–H and O–H groups in total. The van der Waals surface area contributed by atoms with E-state index in [0.29, 0.717) is 5.96 Å². The summed E-state index contributed by atoms with van der Waals surface area (Å²) < 4.78 is 5.51. The summed E-state index contributed by atoms with van der Waals surface area (Å²) in [6, 6.07) is 0. The number of halogens is 1. The van der Waals surface area contributed by atoms with Crippen molar-refractivity contribution < 1.29 is 4.74 Å². The van der Waals surface area contributed by atoms with Crippen LogP contribution in [-0.2, 0) is 4.74 Å². The predicted molar refractivity (Wildman–Crippen MR) is 89.2 cm³/mol. The smallest absolute Gasteiger partial charge is 0.191 e. The minimum absolute atomic E-state index is 0. The lowest BCUT2D eigenvalue weighted by Gasteiger charge is -2.46. The molecule has 0 radical (unpaired) electrons. The molecule has 1 saturated heterocycles. The molecular formula is C13H27IN4O. The van der Waals surface area contributed by atoms with E-state index in [-0.39, 0.29) is 35.6 Å². The molecule has 0 aromatic heterocycles. The quantitative estimate of drug-likeness (QED) is 0.452. The highest BCUT2D eigenvalue weighted by Crippen LogP contribution is 2.36. The number of likely N-dealkylation sites (N-methyl/N-ethyl adjacent to an activating group) is 1. The minimum atomic E-state index is 0. The molecule has 0 amide bonds. The Hall–Kier alpha value is -0.0800. The first kappa shape index (κ1) is 17.0. The van der Waals surface area contributed by atoms with Gasteiger partial charge >= 0.3 is 0 Å². The largest absolute Gasteiger partial charge is 0.375 e. The first-order valence-corrected chi connectivity index (χ1v) is 6.87. The molecule has 1 aliphatic carbocycles. The second-order valence-corrected chi connectivity index (χ2v) is 5.77. The van der Waals surface area contributed by atoms with Crippen LogP contribution >= 0.6 is 24.0 Å². The van der Waals surface area contributed by atoms with E-state index < -0.39 is 0 Å². The Labute approximate surface area is 133 Å². The molecule has 5 nitrogen and oxygen atoms in total. The SMILES string of the molecule is CC1CN(C(N)=NCC2(N(C)C)CCC2)CCO1.I. The second kappa shape index (κ2) is 7.08. The van der Waals surface area contributed by atoms with E-state index in [1.54, 1.807) is 0 Å². The van der Waals surface area contributed by atoms with Gasteiger partial charge < -0.3 is 20.3 Å². The van der Waals surface area contributed by atoms with Gasteiger partial charge in [-0.05, 0) is 40.3 Å². The molecule has 1 saturated carbocycles. The van der Waals surface area contributed by atoms with Gasteiger partial charge in [0, 0.05) is 18.6 Å². The summed E-state index contributed by atoms with van der Waals surface area (Å²) in [6.45, 7) is 5.35. The number of hydrogen-bond donors (Lipinski definition) is 1. The monoisotopic (exact) mass is 382 g/mol. The highest BCUT2D eigenvalue weighted by atomic mass is 127. The van der Waals surface area contributed by atoms with Gasteiger partial charge in [0.05, 0.1) is 19.3 Å². The molecule has 112 valence electrons. The molecule has 2 aliphatic rings. The summed E-state index contributed by atoms with van der Waals surface area (Å²) in [7, 11) is 4.28. The minimum Gasteiger partial charge on any atom is -0.375 e. The second-order valence-electron chi connectivity index (χ2n) is 5.77. The van der Waals surface area contributed by atoms with Crippen LogP contribution in [0.2, 0.25) is 0 Å². The zero-order chi connectivity index (χ0) is 13.2. The number of hydrogen-bond acceptors (Lipinski definition) is 3. The number of guanidine groups is 1. The number of aliphatic imine (C=N–C) groups is 1. The van der Waals surface area contributed by atoms with Gasteiger partial charge in [0.2, 0.25) is 0 Å². The Kier molecular flexibility index (Phi) is 6.32. The van der Waals surface area contributed by atoms with Crippen molar-refractivity contribution in [3.8, 4) is 0 Å². The summed E-state index contributed by atoms with van der Waals surface area (Å²) in [6.07, 6.45) is 4.02. The molecule has 2 rings (SSSR count). The topological polar surface area (TPSA) is 54.1 Å². The van der Waals surface area contributed by atoms with Gasteiger partial charge in [-0.1, -0.05) is 0 Å². The molecular weight excluding hydrogens is 355 g/mol. The normalized spacial score (nSPS) is 26.8. The van der Waals surface area contributed by atoms with E-state index in [4.69, 9.17) is 10.5 Å². The van der Waals surface area contributed by atoms with E-state index in [1.165, 1.54) is 19.3 Å². The Balaban J connectivity index is 0.00000180. The van der Waals surface area contributed by atoms with Gasteiger partial charge in [-0.3, -0.25) is 4.99 Å². The molecule has 0 bridgehead atoms. The van der Waals surface area contributed by atoms with Crippen molar-refractivity contribution in [3.05, 3.63) is 0 Å². The first-order valence-electron chi connectivity index (χ1n) is 6.87. The van der Waals surface area contributed by atoms with Crippen molar-refractivity contribution in [2.24, 2.45) is 10.7 Å². The summed E-state index contributed by atoms with van der Waals surface area (Å²) in [4.78, 5) is 9.06. The fourth-order valence-electron chi connectivity index (χ4n) is 2.69. The molecule has 1 aliphatic heterocycles.